The number of carbonyl (C=O) groups excluding carboxylic acids is 1. The number of rotatable bonds is 5. The molecular weight excluding hydrogens is 359 g/mol. The zero-order valence-electron chi connectivity index (χ0n) is 12.1. The Balaban J connectivity index is 2.24. The molecule has 0 spiro atoms. The number of hydrogen-bond donors (Lipinski definition) is 2. The van der Waals surface area contributed by atoms with E-state index >= 15 is 0 Å². The number of amides is 1. The highest BCUT2D eigenvalue weighted by Crippen LogP contribution is 2.25. The van der Waals surface area contributed by atoms with Crippen LogP contribution in [0, 0.1) is 0 Å². The summed E-state index contributed by atoms with van der Waals surface area (Å²) in [5.74, 6) is -0.447. The van der Waals surface area contributed by atoms with E-state index in [1.807, 2.05) is 0 Å². The van der Waals surface area contributed by atoms with Gasteiger partial charge in [0.2, 0.25) is 10.0 Å². The van der Waals surface area contributed by atoms with Gasteiger partial charge in [-0.3, -0.25) is 4.79 Å². The first kappa shape index (κ1) is 17.7. The average Bonchev–Trinajstić information content (AvgIpc) is 2.51. The summed E-state index contributed by atoms with van der Waals surface area (Å²) >= 11 is 11.7. The summed E-state index contributed by atoms with van der Waals surface area (Å²) in [7, 11) is -3.62. The van der Waals surface area contributed by atoms with Crippen LogP contribution in [0.3, 0.4) is 0 Å². The highest BCUT2D eigenvalue weighted by atomic mass is 35.5. The van der Waals surface area contributed by atoms with Crippen LogP contribution in [0.25, 0.3) is 0 Å². The highest BCUT2D eigenvalue weighted by molar-refractivity contribution is 7.89. The third-order valence-electron chi connectivity index (χ3n) is 2.92. The second kappa shape index (κ2) is 7.31. The molecule has 0 radical (unpaired) electrons. The maximum atomic E-state index is 12.2. The van der Waals surface area contributed by atoms with Crippen LogP contribution in [0.5, 0.6) is 0 Å². The molecule has 0 atom stereocenters. The van der Waals surface area contributed by atoms with Gasteiger partial charge in [-0.1, -0.05) is 36.2 Å². The second-order valence-corrected chi connectivity index (χ2v) is 7.19. The fourth-order valence-electron chi connectivity index (χ4n) is 1.85. The molecule has 0 fully saturated rings. The maximum absolute atomic E-state index is 12.2. The van der Waals surface area contributed by atoms with Crippen molar-refractivity contribution in [3.8, 4) is 0 Å². The molecule has 2 N–H and O–H groups in total. The standard InChI is InChI=1S/C15H14Cl2N2O3S/c1-2-18-23(21,22)12-5-3-4-10(8-12)15(20)19-11-6-7-13(16)14(17)9-11/h3-9,18H,2H2,1H3,(H,19,20). The van der Waals surface area contributed by atoms with Crippen molar-refractivity contribution in [3.63, 3.8) is 0 Å². The van der Waals surface area contributed by atoms with Gasteiger partial charge in [0.05, 0.1) is 14.9 Å². The number of sulfonamides is 1. The van der Waals surface area contributed by atoms with E-state index in [4.69, 9.17) is 23.2 Å². The molecule has 0 saturated carbocycles. The van der Waals surface area contributed by atoms with Crippen molar-refractivity contribution in [2.75, 3.05) is 11.9 Å². The number of halogens is 2. The lowest BCUT2D eigenvalue weighted by Crippen LogP contribution is -2.23. The van der Waals surface area contributed by atoms with Crippen LogP contribution in [0.2, 0.25) is 10.0 Å². The van der Waals surface area contributed by atoms with Crippen molar-refractivity contribution >= 4 is 44.8 Å². The van der Waals surface area contributed by atoms with E-state index in [0.29, 0.717) is 15.7 Å². The van der Waals surface area contributed by atoms with Crippen molar-refractivity contribution in [1.29, 1.82) is 0 Å². The number of carbonyl (C=O) groups is 1. The Bertz CT molecular complexity index is 838. The van der Waals surface area contributed by atoms with Gasteiger partial charge in [0.15, 0.2) is 0 Å². The van der Waals surface area contributed by atoms with E-state index < -0.39 is 15.9 Å². The minimum absolute atomic E-state index is 0.0288. The molecule has 0 aliphatic rings. The number of anilines is 1. The summed E-state index contributed by atoms with van der Waals surface area (Å²) in [5.41, 5.74) is 0.680. The zero-order valence-corrected chi connectivity index (χ0v) is 14.5. The first-order chi connectivity index (χ1) is 10.8. The van der Waals surface area contributed by atoms with Crippen LogP contribution < -0.4 is 10.0 Å². The van der Waals surface area contributed by atoms with Crippen molar-refractivity contribution in [3.05, 3.63) is 58.1 Å². The molecule has 0 heterocycles. The molecule has 2 rings (SSSR count). The third-order valence-corrected chi connectivity index (χ3v) is 5.20. The molecule has 1 amide bonds. The van der Waals surface area contributed by atoms with Crippen molar-refractivity contribution < 1.29 is 13.2 Å². The Morgan fingerprint density at radius 2 is 1.83 bits per heavy atom. The molecule has 5 nitrogen and oxygen atoms in total. The van der Waals surface area contributed by atoms with Crippen LogP contribution in [-0.4, -0.2) is 20.9 Å². The molecular formula is C15H14Cl2N2O3S. The fourth-order valence-corrected chi connectivity index (χ4v) is 3.24. The summed E-state index contributed by atoms with van der Waals surface area (Å²) in [6, 6.07) is 10.4. The number of nitrogens with one attached hydrogen (secondary N) is 2. The summed E-state index contributed by atoms with van der Waals surface area (Å²) < 4.78 is 26.3. The van der Waals surface area contributed by atoms with Gasteiger partial charge in [0.25, 0.3) is 5.91 Å². The summed E-state index contributed by atoms with van der Waals surface area (Å²) in [5, 5.41) is 3.33. The summed E-state index contributed by atoms with van der Waals surface area (Å²) in [6.07, 6.45) is 0. The Kier molecular flexibility index (Phi) is 5.64. The van der Waals surface area contributed by atoms with Crippen LogP contribution in [0.1, 0.15) is 17.3 Å². The van der Waals surface area contributed by atoms with Gasteiger partial charge in [-0.15, -0.1) is 0 Å². The van der Waals surface area contributed by atoms with Gasteiger partial charge in [-0.2, -0.15) is 0 Å². The molecule has 0 aromatic heterocycles. The van der Waals surface area contributed by atoms with E-state index in [1.165, 1.54) is 30.3 Å². The number of benzene rings is 2. The Labute approximate surface area is 144 Å². The molecule has 0 unspecified atom stereocenters. The van der Waals surface area contributed by atoms with Gasteiger partial charge in [-0.25, -0.2) is 13.1 Å². The molecule has 122 valence electrons. The lowest BCUT2D eigenvalue weighted by Gasteiger charge is -2.08. The monoisotopic (exact) mass is 372 g/mol. The Morgan fingerprint density at radius 3 is 2.48 bits per heavy atom. The molecule has 0 bridgehead atoms. The van der Waals surface area contributed by atoms with Crippen LogP contribution in [0.4, 0.5) is 5.69 Å². The van der Waals surface area contributed by atoms with Crippen molar-refractivity contribution in [2.24, 2.45) is 0 Å². The molecule has 2 aromatic carbocycles. The van der Waals surface area contributed by atoms with E-state index in [2.05, 4.69) is 10.0 Å². The average molecular weight is 373 g/mol. The predicted molar refractivity (Wildman–Crippen MR) is 91.7 cm³/mol. The minimum atomic E-state index is -3.62. The molecule has 0 aliphatic heterocycles. The molecule has 0 aliphatic carbocycles. The van der Waals surface area contributed by atoms with Gasteiger partial charge >= 0.3 is 0 Å². The van der Waals surface area contributed by atoms with Gasteiger partial charge in [-0.05, 0) is 36.4 Å². The van der Waals surface area contributed by atoms with Crippen LogP contribution in [-0.2, 0) is 10.0 Å². The van der Waals surface area contributed by atoms with Gasteiger partial charge in [0, 0.05) is 17.8 Å². The molecule has 8 heteroatoms. The highest BCUT2D eigenvalue weighted by Gasteiger charge is 2.15. The van der Waals surface area contributed by atoms with Crippen molar-refractivity contribution in [2.45, 2.75) is 11.8 Å². The second-order valence-electron chi connectivity index (χ2n) is 4.61. The zero-order chi connectivity index (χ0) is 17.0. The smallest absolute Gasteiger partial charge is 0.255 e. The Hall–Kier alpha value is -1.60. The summed E-state index contributed by atoms with van der Waals surface area (Å²) in [6.45, 7) is 1.94. The number of hydrogen-bond acceptors (Lipinski definition) is 3. The first-order valence-corrected chi connectivity index (χ1v) is 8.93. The normalized spacial score (nSPS) is 11.3. The SMILES string of the molecule is CCNS(=O)(=O)c1cccc(C(=O)Nc2ccc(Cl)c(Cl)c2)c1. The van der Waals surface area contributed by atoms with E-state index in [0.717, 1.165) is 0 Å². The van der Waals surface area contributed by atoms with E-state index in [-0.39, 0.29) is 17.0 Å². The lowest BCUT2D eigenvalue weighted by atomic mass is 10.2. The minimum Gasteiger partial charge on any atom is -0.322 e. The predicted octanol–water partition coefficient (Wildman–Crippen LogP) is 3.54. The van der Waals surface area contributed by atoms with Crippen molar-refractivity contribution in [1.82, 2.24) is 4.72 Å². The topological polar surface area (TPSA) is 75.3 Å². The van der Waals surface area contributed by atoms with Gasteiger partial charge < -0.3 is 5.32 Å². The van der Waals surface area contributed by atoms with Crippen LogP contribution in [0.15, 0.2) is 47.4 Å². The quantitative estimate of drug-likeness (QED) is 0.842. The molecule has 2 aromatic rings. The van der Waals surface area contributed by atoms with E-state index in [9.17, 15) is 13.2 Å². The fraction of sp³-hybridized carbons (Fsp3) is 0.133. The third kappa shape index (κ3) is 4.45. The maximum Gasteiger partial charge on any atom is 0.255 e. The molecule has 23 heavy (non-hydrogen) atoms. The van der Waals surface area contributed by atoms with Gasteiger partial charge in [0.1, 0.15) is 0 Å². The largest absolute Gasteiger partial charge is 0.322 e. The van der Waals surface area contributed by atoms with E-state index in [1.54, 1.807) is 19.1 Å². The lowest BCUT2D eigenvalue weighted by molar-refractivity contribution is 0.102. The first-order valence-electron chi connectivity index (χ1n) is 6.69. The summed E-state index contributed by atoms with van der Waals surface area (Å²) in [4.78, 5) is 12.3. The molecule has 0 saturated heterocycles. The van der Waals surface area contributed by atoms with Crippen LogP contribution >= 0.6 is 23.2 Å². The Morgan fingerprint density at radius 1 is 1.09 bits per heavy atom.